The Morgan fingerprint density at radius 1 is 1.28 bits per heavy atom. The van der Waals surface area contributed by atoms with Crippen molar-refractivity contribution in [2.75, 3.05) is 0 Å². The van der Waals surface area contributed by atoms with Gasteiger partial charge < -0.3 is 5.73 Å². The fourth-order valence-electron chi connectivity index (χ4n) is 3.36. The van der Waals surface area contributed by atoms with Crippen molar-refractivity contribution < 1.29 is 0 Å². The van der Waals surface area contributed by atoms with E-state index in [0.717, 1.165) is 18.0 Å². The molecule has 1 atom stereocenters. The van der Waals surface area contributed by atoms with E-state index in [2.05, 4.69) is 18.9 Å². The fraction of sp³-hybridized carbons (Fsp3) is 0.800. The predicted octanol–water partition coefficient (Wildman–Crippen LogP) is 3.40. The molecule has 1 aliphatic rings. The third-order valence-corrected chi connectivity index (χ3v) is 4.55. The van der Waals surface area contributed by atoms with Crippen molar-refractivity contribution in [1.82, 2.24) is 9.78 Å². The minimum atomic E-state index is 0.167. The van der Waals surface area contributed by atoms with E-state index in [-0.39, 0.29) is 6.04 Å². The molecule has 0 amide bonds. The molecule has 2 rings (SSSR count). The lowest BCUT2D eigenvalue weighted by atomic mass is 9.84. The second kappa shape index (κ2) is 5.87. The topological polar surface area (TPSA) is 43.8 Å². The number of nitrogens with zero attached hydrogens (tertiary/aromatic N) is 2. The smallest absolute Gasteiger partial charge is 0.0644 e. The lowest BCUT2D eigenvalue weighted by molar-refractivity contribution is 0.323. The van der Waals surface area contributed by atoms with Crippen LogP contribution in [0.2, 0.25) is 0 Å². The highest BCUT2D eigenvalue weighted by molar-refractivity contribution is 5.27. The summed E-state index contributed by atoms with van der Waals surface area (Å²) < 4.78 is 1.95. The van der Waals surface area contributed by atoms with Crippen molar-refractivity contribution in [3.63, 3.8) is 0 Å². The summed E-state index contributed by atoms with van der Waals surface area (Å²) in [6, 6.07) is 0.167. The van der Waals surface area contributed by atoms with Crippen LogP contribution in [0.25, 0.3) is 0 Å². The van der Waals surface area contributed by atoms with E-state index in [1.54, 1.807) is 0 Å². The van der Waals surface area contributed by atoms with Crippen LogP contribution in [0.5, 0.6) is 0 Å². The number of aryl methyl sites for hydroxylation is 2. The third kappa shape index (κ3) is 2.94. The molecule has 1 fully saturated rings. The van der Waals surface area contributed by atoms with E-state index in [0.29, 0.717) is 0 Å². The summed E-state index contributed by atoms with van der Waals surface area (Å²) in [5, 5.41) is 4.46. The van der Waals surface area contributed by atoms with Crippen molar-refractivity contribution in [2.45, 2.75) is 64.8 Å². The Kier molecular flexibility index (Phi) is 4.44. The summed E-state index contributed by atoms with van der Waals surface area (Å²) in [6.07, 6.45) is 9.50. The number of hydrogen-bond acceptors (Lipinski definition) is 2. The van der Waals surface area contributed by atoms with Crippen molar-refractivity contribution in [1.29, 1.82) is 0 Å². The SMILES string of the molecule is Cc1nn(C)c(C)c1C(N)CCC1CCCCC1. The molecule has 0 saturated heterocycles. The van der Waals surface area contributed by atoms with E-state index >= 15 is 0 Å². The van der Waals surface area contributed by atoms with E-state index in [4.69, 9.17) is 5.73 Å². The molecule has 1 aromatic heterocycles. The maximum Gasteiger partial charge on any atom is 0.0644 e. The summed E-state index contributed by atoms with van der Waals surface area (Å²) in [6.45, 7) is 4.19. The Morgan fingerprint density at radius 3 is 2.50 bits per heavy atom. The third-order valence-electron chi connectivity index (χ3n) is 4.55. The van der Waals surface area contributed by atoms with Gasteiger partial charge in [-0.1, -0.05) is 32.1 Å². The Morgan fingerprint density at radius 2 is 1.94 bits per heavy atom. The zero-order valence-corrected chi connectivity index (χ0v) is 12.1. The first-order valence-electron chi connectivity index (χ1n) is 7.35. The lowest BCUT2D eigenvalue weighted by Gasteiger charge is -2.23. The summed E-state index contributed by atoms with van der Waals surface area (Å²) in [5.41, 5.74) is 9.97. The first kappa shape index (κ1) is 13.6. The molecule has 2 N–H and O–H groups in total. The molecule has 0 spiro atoms. The van der Waals surface area contributed by atoms with Gasteiger partial charge in [-0.25, -0.2) is 0 Å². The summed E-state index contributed by atoms with van der Waals surface area (Å²) in [4.78, 5) is 0. The first-order valence-corrected chi connectivity index (χ1v) is 7.35. The molecule has 1 saturated carbocycles. The van der Waals surface area contributed by atoms with E-state index in [1.807, 2.05) is 11.7 Å². The minimum absolute atomic E-state index is 0.167. The van der Waals surface area contributed by atoms with Crippen LogP contribution in [0, 0.1) is 19.8 Å². The number of rotatable bonds is 4. The van der Waals surface area contributed by atoms with Crippen LogP contribution in [0.3, 0.4) is 0 Å². The van der Waals surface area contributed by atoms with Crippen molar-refractivity contribution in [3.05, 3.63) is 17.0 Å². The summed E-state index contributed by atoms with van der Waals surface area (Å²) >= 11 is 0. The highest BCUT2D eigenvalue weighted by Crippen LogP contribution is 2.31. The molecular formula is C15H27N3. The van der Waals surface area contributed by atoms with Crippen LogP contribution in [0.4, 0.5) is 0 Å². The van der Waals surface area contributed by atoms with Crippen LogP contribution in [0.1, 0.15) is 67.9 Å². The van der Waals surface area contributed by atoms with Gasteiger partial charge in [-0.2, -0.15) is 5.10 Å². The minimum Gasteiger partial charge on any atom is -0.324 e. The van der Waals surface area contributed by atoms with Crippen LogP contribution in [-0.4, -0.2) is 9.78 Å². The monoisotopic (exact) mass is 249 g/mol. The molecule has 0 aliphatic heterocycles. The van der Waals surface area contributed by atoms with Gasteiger partial charge in [0.05, 0.1) is 5.69 Å². The van der Waals surface area contributed by atoms with Gasteiger partial charge >= 0.3 is 0 Å². The summed E-state index contributed by atoms with van der Waals surface area (Å²) in [5.74, 6) is 0.919. The van der Waals surface area contributed by atoms with Crippen LogP contribution >= 0.6 is 0 Å². The highest BCUT2D eigenvalue weighted by Gasteiger charge is 2.19. The maximum atomic E-state index is 6.37. The van der Waals surface area contributed by atoms with Gasteiger partial charge in [0.25, 0.3) is 0 Å². The van der Waals surface area contributed by atoms with Crippen molar-refractivity contribution in [3.8, 4) is 0 Å². The Bertz CT molecular complexity index is 389. The average molecular weight is 249 g/mol. The molecule has 102 valence electrons. The van der Waals surface area contributed by atoms with Crippen LogP contribution in [-0.2, 0) is 7.05 Å². The number of nitrogens with two attached hydrogens (primary N) is 1. The molecule has 1 unspecified atom stereocenters. The van der Waals surface area contributed by atoms with Gasteiger partial charge in [-0.05, 0) is 32.6 Å². The molecule has 0 aromatic carbocycles. The van der Waals surface area contributed by atoms with E-state index in [1.165, 1.54) is 49.8 Å². The number of aromatic nitrogens is 2. The van der Waals surface area contributed by atoms with Gasteiger partial charge in [-0.3, -0.25) is 4.68 Å². The van der Waals surface area contributed by atoms with E-state index < -0.39 is 0 Å². The highest BCUT2D eigenvalue weighted by atomic mass is 15.3. The van der Waals surface area contributed by atoms with Crippen molar-refractivity contribution in [2.24, 2.45) is 18.7 Å². The Balaban J connectivity index is 1.92. The van der Waals surface area contributed by atoms with Gasteiger partial charge in [0.15, 0.2) is 0 Å². The van der Waals surface area contributed by atoms with Gasteiger partial charge in [0.2, 0.25) is 0 Å². The van der Waals surface area contributed by atoms with Crippen molar-refractivity contribution >= 4 is 0 Å². The second-order valence-corrected chi connectivity index (χ2v) is 5.90. The fourth-order valence-corrected chi connectivity index (χ4v) is 3.36. The molecular weight excluding hydrogens is 222 g/mol. The zero-order chi connectivity index (χ0) is 13.1. The van der Waals surface area contributed by atoms with Crippen LogP contribution in [0.15, 0.2) is 0 Å². The molecule has 3 nitrogen and oxygen atoms in total. The Labute approximate surface area is 111 Å². The van der Waals surface area contributed by atoms with Gasteiger partial charge in [0, 0.05) is 24.3 Å². The lowest BCUT2D eigenvalue weighted by Crippen LogP contribution is -2.15. The second-order valence-electron chi connectivity index (χ2n) is 5.90. The predicted molar refractivity (Wildman–Crippen MR) is 75.4 cm³/mol. The molecule has 0 radical (unpaired) electrons. The summed E-state index contributed by atoms with van der Waals surface area (Å²) in [7, 11) is 2.00. The largest absolute Gasteiger partial charge is 0.324 e. The Hall–Kier alpha value is -0.830. The quantitative estimate of drug-likeness (QED) is 0.888. The normalized spacial score (nSPS) is 19.1. The number of hydrogen-bond donors (Lipinski definition) is 1. The molecule has 1 aromatic rings. The molecule has 3 heteroatoms. The maximum absolute atomic E-state index is 6.37. The standard InChI is InChI=1S/C15H27N3/c1-11-15(12(2)18(3)17-11)14(16)10-9-13-7-5-4-6-8-13/h13-14H,4-10,16H2,1-3H3. The molecule has 1 heterocycles. The van der Waals surface area contributed by atoms with Gasteiger partial charge in [-0.15, -0.1) is 0 Å². The van der Waals surface area contributed by atoms with E-state index in [9.17, 15) is 0 Å². The first-order chi connectivity index (χ1) is 8.59. The molecule has 0 bridgehead atoms. The molecule has 1 aliphatic carbocycles. The van der Waals surface area contributed by atoms with Gasteiger partial charge in [0.1, 0.15) is 0 Å². The van der Waals surface area contributed by atoms with Crippen LogP contribution < -0.4 is 5.73 Å². The average Bonchev–Trinajstić information content (AvgIpc) is 2.62. The molecule has 18 heavy (non-hydrogen) atoms. The zero-order valence-electron chi connectivity index (χ0n) is 12.1.